The molecule has 0 unspecified atom stereocenters. The van der Waals surface area contributed by atoms with Gasteiger partial charge in [0.15, 0.2) is 0 Å². The maximum absolute atomic E-state index is 5.73. The van der Waals surface area contributed by atoms with Gasteiger partial charge in [0.1, 0.15) is 5.15 Å². The van der Waals surface area contributed by atoms with E-state index in [0.717, 1.165) is 12.2 Å². The fraction of sp³-hybridized carbons (Fsp3) is 0.444. The van der Waals surface area contributed by atoms with E-state index in [1.54, 1.807) is 12.3 Å². The molecule has 0 saturated heterocycles. The summed E-state index contributed by atoms with van der Waals surface area (Å²) in [5.41, 5.74) is 7.18. The average Bonchev–Trinajstić information content (AvgIpc) is 2.06. The first-order chi connectivity index (χ1) is 6.09. The van der Waals surface area contributed by atoms with Crippen molar-refractivity contribution >= 4 is 23.0 Å². The van der Waals surface area contributed by atoms with Crippen LogP contribution in [0.2, 0.25) is 5.15 Å². The van der Waals surface area contributed by atoms with Gasteiger partial charge in [-0.1, -0.05) is 25.4 Å². The van der Waals surface area contributed by atoms with Gasteiger partial charge in [-0.2, -0.15) is 0 Å². The normalized spacial score (nSPS) is 10.5. The smallest absolute Gasteiger partial charge is 0.131 e. The molecular formula is C9H14ClN3. The van der Waals surface area contributed by atoms with Gasteiger partial charge in [-0.05, 0) is 5.92 Å². The topological polar surface area (TPSA) is 50.9 Å². The van der Waals surface area contributed by atoms with Crippen LogP contribution >= 0.6 is 11.6 Å². The van der Waals surface area contributed by atoms with Crippen LogP contribution in [-0.2, 0) is 0 Å². The summed E-state index contributed by atoms with van der Waals surface area (Å²) in [5, 5.41) is 3.66. The third-order valence-corrected chi connectivity index (χ3v) is 1.81. The number of hydrogen-bond acceptors (Lipinski definition) is 3. The lowest BCUT2D eigenvalue weighted by atomic mass is 10.2. The molecule has 0 bridgehead atoms. The number of rotatable bonds is 3. The quantitative estimate of drug-likeness (QED) is 0.735. The standard InChI is InChI=1S/C9H14ClN3/c1-6(2)4-12-8-3-9(10)13-5-7(8)11/h3,5-6H,4,11H2,1-2H3,(H,12,13). The minimum atomic E-state index is 0.459. The number of halogens is 1. The van der Waals surface area contributed by atoms with E-state index < -0.39 is 0 Å². The fourth-order valence-corrected chi connectivity index (χ4v) is 1.07. The summed E-state index contributed by atoms with van der Waals surface area (Å²) in [5.74, 6) is 0.575. The molecule has 1 aromatic heterocycles. The Balaban J connectivity index is 2.70. The first-order valence-electron chi connectivity index (χ1n) is 4.24. The molecule has 1 rings (SSSR count). The molecule has 3 N–H and O–H groups in total. The van der Waals surface area contributed by atoms with Crippen molar-refractivity contribution in [3.05, 3.63) is 17.4 Å². The van der Waals surface area contributed by atoms with E-state index >= 15 is 0 Å². The molecule has 0 aliphatic rings. The van der Waals surface area contributed by atoms with Gasteiger partial charge >= 0.3 is 0 Å². The van der Waals surface area contributed by atoms with Gasteiger partial charge < -0.3 is 11.1 Å². The van der Waals surface area contributed by atoms with Crippen molar-refractivity contribution in [2.75, 3.05) is 17.6 Å². The number of nitrogens with zero attached hydrogens (tertiary/aromatic N) is 1. The number of aromatic nitrogens is 1. The van der Waals surface area contributed by atoms with Crippen molar-refractivity contribution in [1.29, 1.82) is 0 Å². The molecule has 0 atom stereocenters. The molecule has 0 radical (unpaired) electrons. The van der Waals surface area contributed by atoms with E-state index in [1.165, 1.54) is 0 Å². The maximum atomic E-state index is 5.73. The van der Waals surface area contributed by atoms with Crippen LogP contribution in [0, 0.1) is 5.92 Å². The van der Waals surface area contributed by atoms with Crippen LogP contribution in [0.25, 0.3) is 0 Å². The van der Waals surface area contributed by atoms with Crippen molar-refractivity contribution in [1.82, 2.24) is 4.98 Å². The van der Waals surface area contributed by atoms with E-state index in [9.17, 15) is 0 Å². The number of pyridine rings is 1. The molecule has 0 saturated carbocycles. The van der Waals surface area contributed by atoms with Crippen LogP contribution in [0.3, 0.4) is 0 Å². The Morgan fingerprint density at radius 1 is 1.62 bits per heavy atom. The van der Waals surface area contributed by atoms with Crippen LogP contribution in [0.5, 0.6) is 0 Å². The van der Waals surface area contributed by atoms with Crippen molar-refractivity contribution < 1.29 is 0 Å². The third-order valence-electron chi connectivity index (χ3n) is 1.60. The van der Waals surface area contributed by atoms with Crippen molar-refractivity contribution in [2.24, 2.45) is 5.92 Å². The summed E-state index contributed by atoms with van der Waals surface area (Å²) in [6.45, 7) is 5.14. The monoisotopic (exact) mass is 199 g/mol. The predicted molar refractivity (Wildman–Crippen MR) is 57.0 cm³/mol. The molecular weight excluding hydrogens is 186 g/mol. The zero-order valence-electron chi connectivity index (χ0n) is 7.84. The zero-order valence-corrected chi connectivity index (χ0v) is 8.60. The molecule has 0 fully saturated rings. The highest BCUT2D eigenvalue weighted by Crippen LogP contribution is 2.20. The summed E-state index contributed by atoms with van der Waals surface area (Å²) < 4.78 is 0. The van der Waals surface area contributed by atoms with E-state index in [4.69, 9.17) is 17.3 Å². The highest BCUT2D eigenvalue weighted by molar-refractivity contribution is 6.29. The van der Waals surface area contributed by atoms with Crippen LogP contribution in [0.15, 0.2) is 12.3 Å². The largest absolute Gasteiger partial charge is 0.396 e. The van der Waals surface area contributed by atoms with Gasteiger partial charge in [0, 0.05) is 12.6 Å². The second-order valence-electron chi connectivity index (χ2n) is 3.37. The van der Waals surface area contributed by atoms with E-state index in [1.807, 2.05) is 0 Å². The number of nitrogens with two attached hydrogens (primary N) is 1. The van der Waals surface area contributed by atoms with Gasteiger partial charge in [0.2, 0.25) is 0 Å². The number of nitrogens with one attached hydrogen (secondary N) is 1. The van der Waals surface area contributed by atoms with Gasteiger partial charge in [-0.25, -0.2) is 4.98 Å². The SMILES string of the molecule is CC(C)CNc1cc(Cl)ncc1N. The molecule has 0 spiro atoms. The Morgan fingerprint density at radius 2 is 2.31 bits per heavy atom. The Morgan fingerprint density at radius 3 is 2.92 bits per heavy atom. The molecule has 4 heteroatoms. The molecule has 0 aromatic carbocycles. The van der Waals surface area contributed by atoms with E-state index in [2.05, 4.69) is 24.1 Å². The van der Waals surface area contributed by atoms with Gasteiger partial charge in [0.05, 0.1) is 17.6 Å². The van der Waals surface area contributed by atoms with Crippen LogP contribution in [-0.4, -0.2) is 11.5 Å². The van der Waals surface area contributed by atoms with Crippen molar-refractivity contribution in [3.63, 3.8) is 0 Å². The van der Waals surface area contributed by atoms with Crippen LogP contribution < -0.4 is 11.1 Å². The first-order valence-corrected chi connectivity index (χ1v) is 4.62. The zero-order chi connectivity index (χ0) is 9.84. The van der Waals surface area contributed by atoms with Gasteiger partial charge in [0.25, 0.3) is 0 Å². The lowest BCUT2D eigenvalue weighted by Crippen LogP contribution is -2.09. The number of hydrogen-bond donors (Lipinski definition) is 2. The second-order valence-corrected chi connectivity index (χ2v) is 3.76. The van der Waals surface area contributed by atoms with Crippen molar-refractivity contribution in [3.8, 4) is 0 Å². The van der Waals surface area contributed by atoms with Gasteiger partial charge in [-0.15, -0.1) is 0 Å². The molecule has 72 valence electrons. The lowest BCUT2D eigenvalue weighted by molar-refractivity contribution is 0.689. The summed E-state index contributed by atoms with van der Waals surface area (Å²) in [4.78, 5) is 3.87. The highest BCUT2D eigenvalue weighted by atomic mass is 35.5. The molecule has 0 aliphatic carbocycles. The molecule has 1 aromatic rings. The Kier molecular flexibility index (Phi) is 3.37. The molecule has 0 aliphatic heterocycles. The fourth-order valence-electron chi connectivity index (χ4n) is 0.908. The van der Waals surface area contributed by atoms with E-state index in [0.29, 0.717) is 16.8 Å². The first kappa shape index (κ1) is 10.1. The Hall–Kier alpha value is -0.960. The van der Waals surface area contributed by atoms with Crippen LogP contribution in [0.1, 0.15) is 13.8 Å². The Bertz CT molecular complexity index is 286. The minimum Gasteiger partial charge on any atom is -0.396 e. The van der Waals surface area contributed by atoms with Gasteiger partial charge in [-0.3, -0.25) is 0 Å². The average molecular weight is 200 g/mol. The number of anilines is 2. The van der Waals surface area contributed by atoms with Crippen molar-refractivity contribution in [2.45, 2.75) is 13.8 Å². The lowest BCUT2D eigenvalue weighted by Gasteiger charge is -2.10. The highest BCUT2D eigenvalue weighted by Gasteiger charge is 2.01. The molecule has 1 heterocycles. The molecule has 3 nitrogen and oxygen atoms in total. The summed E-state index contributed by atoms with van der Waals surface area (Å²) >= 11 is 5.73. The number of nitrogen functional groups attached to an aromatic ring is 1. The predicted octanol–water partition coefficient (Wildman–Crippen LogP) is 2.39. The summed E-state index contributed by atoms with van der Waals surface area (Å²) in [6, 6.07) is 1.74. The molecule has 0 amide bonds. The maximum Gasteiger partial charge on any atom is 0.131 e. The second kappa shape index (κ2) is 4.33. The van der Waals surface area contributed by atoms with E-state index in [-0.39, 0.29) is 0 Å². The summed E-state index contributed by atoms with van der Waals surface area (Å²) in [6.07, 6.45) is 1.56. The summed E-state index contributed by atoms with van der Waals surface area (Å²) in [7, 11) is 0. The van der Waals surface area contributed by atoms with Crippen LogP contribution in [0.4, 0.5) is 11.4 Å². The third kappa shape index (κ3) is 3.11. The minimum absolute atomic E-state index is 0.459. The molecule has 13 heavy (non-hydrogen) atoms. The Labute approximate surface area is 83.3 Å².